The van der Waals surface area contributed by atoms with Crippen LogP contribution in [0.4, 0.5) is 0 Å². The van der Waals surface area contributed by atoms with Crippen molar-refractivity contribution in [2.24, 2.45) is 11.7 Å². The molecule has 3 fully saturated rings. The standard InChI is InChI=1S/C17H30N4O3/c18-13-17(3-1-2-4-17)19-16(23)14-11-15(22)21(12-14)6-5-20-7-9-24-10-8-20/h14H,1-13,18H2,(H,19,23). The number of morpholine rings is 1. The van der Waals surface area contributed by atoms with E-state index in [2.05, 4.69) is 10.2 Å². The molecule has 3 N–H and O–H groups in total. The maximum absolute atomic E-state index is 12.6. The molecule has 2 heterocycles. The van der Waals surface area contributed by atoms with Crippen LogP contribution < -0.4 is 11.1 Å². The van der Waals surface area contributed by atoms with E-state index in [-0.39, 0.29) is 23.3 Å². The number of nitrogens with one attached hydrogen (secondary N) is 1. The molecule has 7 nitrogen and oxygen atoms in total. The molecule has 1 aliphatic carbocycles. The second-order valence-electron chi connectivity index (χ2n) is 7.38. The number of carbonyl (C=O) groups excluding carboxylic acids is 2. The molecular weight excluding hydrogens is 308 g/mol. The van der Waals surface area contributed by atoms with Crippen LogP contribution in [0.15, 0.2) is 0 Å². The van der Waals surface area contributed by atoms with Crippen LogP contribution in [0.5, 0.6) is 0 Å². The van der Waals surface area contributed by atoms with Gasteiger partial charge in [0.1, 0.15) is 0 Å². The number of amides is 2. The van der Waals surface area contributed by atoms with Crippen molar-refractivity contribution in [1.82, 2.24) is 15.1 Å². The summed E-state index contributed by atoms with van der Waals surface area (Å²) in [5, 5.41) is 3.16. The van der Waals surface area contributed by atoms with Gasteiger partial charge in [-0.3, -0.25) is 14.5 Å². The van der Waals surface area contributed by atoms with Gasteiger partial charge in [0.05, 0.1) is 24.7 Å². The molecule has 1 atom stereocenters. The molecule has 1 saturated carbocycles. The predicted molar refractivity (Wildman–Crippen MR) is 90.3 cm³/mol. The van der Waals surface area contributed by atoms with Gasteiger partial charge in [-0.15, -0.1) is 0 Å². The van der Waals surface area contributed by atoms with Crippen LogP contribution in [0.1, 0.15) is 32.1 Å². The molecular formula is C17H30N4O3. The minimum atomic E-state index is -0.235. The summed E-state index contributed by atoms with van der Waals surface area (Å²) in [7, 11) is 0. The minimum Gasteiger partial charge on any atom is -0.379 e. The van der Waals surface area contributed by atoms with Gasteiger partial charge >= 0.3 is 0 Å². The van der Waals surface area contributed by atoms with Crippen molar-refractivity contribution in [3.8, 4) is 0 Å². The Hall–Kier alpha value is -1.18. The second-order valence-corrected chi connectivity index (χ2v) is 7.38. The molecule has 7 heteroatoms. The molecule has 0 aromatic rings. The maximum Gasteiger partial charge on any atom is 0.225 e. The first-order valence-corrected chi connectivity index (χ1v) is 9.22. The molecule has 0 radical (unpaired) electrons. The Kier molecular flexibility index (Phi) is 5.73. The second kappa shape index (κ2) is 7.80. The Morgan fingerprint density at radius 2 is 1.96 bits per heavy atom. The van der Waals surface area contributed by atoms with Crippen molar-refractivity contribution in [2.75, 3.05) is 52.5 Å². The monoisotopic (exact) mass is 338 g/mol. The number of nitrogens with zero attached hydrogens (tertiary/aromatic N) is 2. The first kappa shape index (κ1) is 17.6. The molecule has 24 heavy (non-hydrogen) atoms. The number of rotatable bonds is 6. The van der Waals surface area contributed by atoms with Crippen molar-refractivity contribution < 1.29 is 14.3 Å². The van der Waals surface area contributed by atoms with Gasteiger partial charge in [-0.1, -0.05) is 12.8 Å². The number of likely N-dealkylation sites (tertiary alicyclic amines) is 1. The zero-order valence-electron chi connectivity index (χ0n) is 14.5. The van der Waals surface area contributed by atoms with Crippen LogP contribution >= 0.6 is 0 Å². The fourth-order valence-corrected chi connectivity index (χ4v) is 4.05. The Balaban J connectivity index is 1.47. The van der Waals surface area contributed by atoms with Gasteiger partial charge in [0.25, 0.3) is 0 Å². The van der Waals surface area contributed by atoms with Crippen LogP contribution in [0.2, 0.25) is 0 Å². The van der Waals surface area contributed by atoms with Crippen molar-refractivity contribution in [3.05, 3.63) is 0 Å². The molecule has 136 valence electrons. The third-order valence-electron chi connectivity index (χ3n) is 5.71. The number of hydrogen-bond acceptors (Lipinski definition) is 5. The summed E-state index contributed by atoms with van der Waals surface area (Å²) < 4.78 is 5.34. The Bertz CT molecular complexity index is 459. The van der Waals surface area contributed by atoms with E-state index >= 15 is 0 Å². The third-order valence-corrected chi connectivity index (χ3v) is 5.71. The van der Waals surface area contributed by atoms with Crippen LogP contribution in [-0.2, 0) is 14.3 Å². The quantitative estimate of drug-likeness (QED) is 0.685. The molecule has 1 unspecified atom stereocenters. The molecule has 0 aromatic heterocycles. The SMILES string of the molecule is NCC1(NC(=O)C2CC(=O)N(CCN3CCOCC3)C2)CCCC1. The molecule has 3 rings (SSSR count). The first-order valence-electron chi connectivity index (χ1n) is 9.22. The lowest BCUT2D eigenvalue weighted by atomic mass is 9.96. The average Bonchev–Trinajstić information content (AvgIpc) is 3.21. The Labute approximate surface area is 143 Å². The largest absolute Gasteiger partial charge is 0.379 e. The molecule has 0 aromatic carbocycles. The van der Waals surface area contributed by atoms with Crippen molar-refractivity contribution in [3.63, 3.8) is 0 Å². The summed E-state index contributed by atoms with van der Waals surface area (Å²) in [6.45, 7) is 5.95. The average molecular weight is 338 g/mol. The summed E-state index contributed by atoms with van der Waals surface area (Å²) in [6, 6.07) is 0. The van der Waals surface area contributed by atoms with E-state index in [9.17, 15) is 9.59 Å². The summed E-state index contributed by atoms with van der Waals surface area (Å²) in [4.78, 5) is 29.0. The third kappa shape index (κ3) is 4.07. The van der Waals surface area contributed by atoms with Crippen LogP contribution in [-0.4, -0.2) is 79.6 Å². The van der Waals surface area contributed by atoms with E-state index in [1.54, 1.807) is 0 Å². The normalized spacial score (nSPS) is 27.6. The Morgan fingerprint density at radius 1 is 1.25 bits per heavy atom. The zero-order valence-corrected chi connectivity index (χ0v) is 14.5. The van der Waals surface area contributed by atoms with Crippen molar-refractivity contribution in [1.29, 1.82) is 0 Å². The number of nitrogens with two attached hydrogens (primary N) is 1. The van der Waals surface area contributed by atoms with Gasteiger partial charge in [0.15, 0.2) is 0 Å². The number of carbonyl (C=O) groups is 2. The van der Waals surface area contributed by atoms with Gasteiger partial charge in [0, 0.05) is 45.7 Å². The molecule has 2 aliphatic heterocycles. The van der Waals surface area contributed by atoms with E-state index < -0.39 is 0 Å². The van der Waals surface area contributed by atoms with Crippen LogP contribution in [0.25, 0.3) is 0 Å². The zero-order chi connectivity index (χ0) is 17.0. The highest BCUT2D eigenvalue weighted by Crippen LogP contribution is 2.29. The molecule has 2 saturated heterocycles. The topological polar surface area (TPSA) is 87.9 Å². The van der Waals surface area contributed by atoms with Gasteiger partial charge in [-0.25, -0.2) is 0 Å². The molecule has 3 aliphatic rings. The summed E-state index contributed by atoms with van der Waals surface area (Å²) in [5.41, 5.74) is 5.66. The lowest BCUT2D eigenvalue weighted by molar-refractivity contribution is -0.129. The van der Waals surface area contributed by atoms with E-state index in [0.717, 1.165) is 58.5 Å². The first-order chi connectivity index (χ1) is 11.6. The van der Waals surface area contributed by atoms with E-state index in [1.165, 1.54) is 0 Å². The highest BCUT2D eigenvalue weighted by atomic mass is 16.5. The molecule has 0 spiro atoms. The number of ether oxygens (including phenoxy) is 1. The van der Waals surface area contributed by atoms with Gasteiger partial charge in [-0.2, -0.15) is 0 Å². The number of hydrogen-bond donors (Lipinski definition) is 2. The van der Waals surface area contributed by atoms with Gasteiger partial charge in [0.2, 0.25) is 11.8 Å². The van der Waals surface area contributed by atoms with E-state index in [1.807, 2.05) is 4.90 Å². The summed E-state index contributed by atoms with van der Waals surface area (Å²) in [6.07, 6.45) is 4.47. The summed E-state index contributed by atoms with van der Waals surface area (Å²) in [5.74, 6) is -0.132. The van der Waals surface area contributed by atoms with E-state index in [4.69, 9.17) is 10.5 Å². The van der Waals surface area contributed by atoms with Crippen molar-refractivity contribution >= 4 is 11.8 Å². The lowest BCUT2D eigenvalue weighted by Crippen LogP contribution is -2.53. The van der Waals surface area contributed by atoms with Crippen LogP contribution in [0, 0.1) is 5.92 Å². The van der Waals surface area contributed by atoms with Crippen LogP contribution in [0.3, 0.4) is 0 Å². The predicted octanol–water partition coefficient (Wildman–Crippen LogP) is -0.445. The highest BCUT2D eigenvalue weighted by molar-refractivity contribution is 5.89. The maximum atomic E-state index is 12.6. The fourth-order valence-electron chi connectivity index (χ4n) is 4.05. The van der Waals surface area contributed by atoms with Gasteiger partial charge < -0.3 is 20.7 Å². The molecule has 0 bridgehead atoms. The van der Waals surface area contributed by atoms with Gasteiger partial charge in [-0.05, 0) is 12.8 Å². The fraction of sp³-hybridized carbons (Fsp3) is 0.882. The molecule has 2 amide bonds. The van der Waals surface area contributed by atoms with E-state index in [0.29, 0.717) is 26.1 Å². The minimum absolute atomic E-state index is 0.00423. The summed E-state index contributed by atoms with van der Waals surface area (Å²) >= 11 is 0. The van der Waals surface area contributed by atoms with Crippen molar-refractivity contribution in [2.45, 2.75) is 37.6 Å². The highest BCUT2D eigenvalue weighted by Gasteiger charge is 2.39. The lowest BCUT2D eigenvalue weighted by Gasteiger charge is -2.30. The Morgan fingerprint density at radius 3 is 2.62 bits per heavy atom. The smallest absolute Gasteiger partial charge is 0.225 e.